The maximum Gasteiger partial charge on any atom is 0.159 e. The molecule has 1 spiro atoms. The lowest BCUT2D eigenvalue weighted by Gasteiger charge is -2.36. The first kappa shape index (κ1) is 31.1. The molecule has 0 atom stereocenters. The van der Waals surface area contributed by atoms with Crippen molar-refractivity contribution >= 4 is 0 Å². The van der Waals surface area contributed by atoms with E-state index in [1.807, 2.05) is 49.1 Å². The van der Waals surface area contributed by atoms with Crippen molar-refractivity contribution in [2.24, 2.45) is 0 Å². The summed E-state index contributed by atoms with van der Waals surface area (Å²) in [6.45, 7) is 0. The van der Waals surface area contributed by atoms with Crippen molar-refractivity contribution in [1.82, 2.24) is 29.9 Å². The van der Waals surface area contributed by atoms with Gasteiger partial charge in [-0.15, -0.1) is 0 Å². The van der Waals surface area contributed by atoms with Crippen LogP contribution >= 0.6 is 0 Å². The second-order valence-corrected chi connectivity index (χ2v) is 14.0. The van der Waals surface area contributed by atoms with Crippen molar-refractivity contribution in [3.63, 3.8) is 0 Å². The Balaban J connectivity index is 1.19. The van der Waals surface area contributed by atoms with Crippen molar-refractivity contribution in [2.75, 3.05) is 0 Å². The minimum atomic E-state index is -0.654. The number of pyridine rings is 2. The molecule has 55 heavy (non-hydrogen) atoms. The van der Waals surface area contributed by atoms with Crippen LogP contribution in [-0.2, 0) is 5.41 Å². The van der Waals surface area contributed by atoms with Gasteiger partial charge in [0.1, 0.15) is 0 Å². The van der Waals surface area contributed by atoms with Gasteiger partial charge in [-0.05, 0) is 103 Å². The summed E-state index contributed by atoms with van der Waals surface area (Å²) in [4.78, 5) is 27.5. The molecule has 0 bridgehead atoms. The van der Waals surface area contributed by atoms with E-state index in [1.165, 1.54) is 55.6 Å². The SMILES string of the molecule is c1ccc2c(c1)-c1ccc(-c3cnc(-c4ccncc4)nc3)cc1C1(c3cc(-c4cnc(-c5ccncc5)nc4)ccc3-2)c2ccccc2-c2ccccc21. The largest absolute Gasteiger partial charge is 0.265 e. The standard InChI is InChI=1S/C49H30N6/c1-2-8-38-37(7-1)41-15-13-33(35-27-52-47(53-28-35)31-17-21-50-22-18-31)25-45(41)49(43-11-5-3-9-39(43)40-10-4-6-12-44(40)49)46-26-34(14-16-42(38)46)36-29-54-48(55-30-36)32-19-23-51-24-20-32/h1-30H. The van der Waals surface area contributed by atoms with Gasteiger partial charge in [-0.25, -0.2) is 19.9 Å². The van der Waals surface area contributed by atoms with Crippen LogP contribution in [0.2, 0.25) is 0 Å². The molecule has 0 amide bonds. The lowest BCUT2D eigenvalue weighted by molar-refractivity contribution is 0.776. The highest BCUT2D eigenvalue weighted by Gasteiger charge is 2.49. The molecule has 0 fully saturated rings. The van der Waals surface area contributed by atoms with Gasteiger partial charge in [0.2, 0.25) is 0 Å². The van der Waals surface area contributed by atoms with E-state index < -0.39 is 5.41 Å². The monoisotopic (exact) mass is 702 g/mol. The predicted octanol–water partition coefficient (Wildman–Crippen LogP) is 10.7. The fraction of sp³-hybridized carbons (Fsp3) is 0.0204. The van der Waals surface area contributed by atoms with E-state index in [9.17, 15) is 0 Å². The lowest BCUT2D eigenvalue weighted by atomic mass is 9.65. The van der Waals surface area contributed by atoms with Crippen molar-refractivity contribution in [3.05, 3.63) is 205 Å². The van der Waals surface area contributed by atoms with Crippen molar-refractivity contribution in [3.8, 4) is 78.4 Å². The molecule has 4 heterocycles. The van der Waals surface area contributed by atoms with Crippen LogP contribution in [0.4, 0.5) is 0 Å². The molecule has 2 aliphatic rings. The summed E-state index contributed by atoms with van der Waals surface area (Å²) in [5.74, 6) is 1.34. The fourth-order valence-electron chi connectivity index (χ4n) is 8.71. The minimum absolute atomic E-state index is 0.654. The number of hydrogen-bond acceptors (Lipinski definition) is 6. The Morgan fingerprint density at radius 1 is 0.291 bits per heavy atom. The highest BCUT2D eigenvalue weighted by molar-refractivity contribution is 5.98. The van der Waals surface area contributed by atoms with Crippen molar-refractivity contribution in [1.29, 1.82) is 0 Å². The minimum Gasteiger partial charge on any atom is -0.265 e. The topological polar surface area (TPSA) is 77.3 Å². The Bertz CT molecular complexity index is 2710. The van der Waals surface area contributed by atoms with Crippen LogP contribution in [0.25, 0.3) is 78.4 Å². The van der Waals surface area contributed by atoms with Gasteiger partial charge in [-0.1, -0.05) is 97.1 Å². The number of fused-ring (bicyclic) bond motifs is 12. The number of nitrogens with zero attached hydrogens (tertiary/aromatic N) is 6. The summed E-state index contributed by atoms with van der Waals surface area (Å²) in [6.07, 6.45) is 14.8. The van der Waals surface area contributed by atoms with Gasteiger partial charge >= 0.3 is 0 Å². The Labute approximate surface area is 318 Å². The summed E-state index contributed by atoms with van der Waals surface area (Å²) >= 11 is 0. The van der Waals surface area contributed by atoms with Gasteiger partial charge in [0.05, 0.1) is 5.41 Å². The summed E-state index contributed by atoms with van der Waals surface area (Å²) in [5, 5.41) is 0. The Morgan fingerprint density at radius 3 is 1.07 bits per heavy atom. The zero-order valence-electron chi connectivity index (χ0n) is 29.5. The molecule has 0 aliphatic heterocycles. The third-order valence-corrected chi connectivity index (χ3v) is 11.2. The second kappa shape index (κ2) is 12.3. The number of rotatable bonds is 4. The van der Waals surface area contributed by atoms with E-state index in [4.69, 9.17) is 19.9 Å². The van der Waals surface area contributed by atoms with Crippen LogP contribution in [-0.4, -0.2) is 29.9 Å². The van der Waals surface area contributed by atoms with E-state index in [2.05, 4.69) is 119 Å². The number of aromatic nitrogens is 6. The first-order valence-electron chi connectivity index (χ1n) is 18.3. The molecule has 4 aromatic heterocycles. The van der Waals surface area contributed by atoms with Crippen LogP contribution in [0.15, 0.2) is 183 Å². The smallest absolute Gasteiger partial charge is 0.159 e. The van der Waals surface area contributed by atoms with Crippen LogP contribution < -0.4 is 0 Å². The maximum atomic E-state index is 4.81. The second-order valence-electron chi connectivity index (χ2n) is 14.0. The zero-order valence-corrected chi connectivity index (χ0v) is 29.5. The summed E-state index contributed by atoms with van der Waals surface area (Å²) < 4.78 is 0. The molecule has 0 N–H and O–H groups in total. The average molecular weight is 703 g/mol. The Morgan fingerprint density at radius 2 is 0.655 bits per heavy atom. The summed E-state index contributed by atoms with van der Waals surface area (Å²) in [7, 11) is 0. The molecule has 9 aromatic rings. The van der Waals surface area contributed by atoms with Crippen LogP contribution in [0.5, 0.6) is 0 Å². The van der Waals surface area contributed by atoms with Crippen LogP contribution in [0.1, 0.15) is 22.3 Å². The first-order valence-corrected chi connectivity index (χ1v) is 18.3. The molecule has 2 aliphatic carbocycles. The molecule has 5 aromatic carbocycles. The molecular weight excluding hydrogens is 673 g/mol. The van der Waals surface area contributed by atoms with Crippen LogP contribution in [0.3, 0.4) is 0 Å². The third kappa shape index (κ3) is 4.75. The van der Waals surface area contributed by atoms with E-state index >= 15 is 0 Å². The highest BCUT2D eigenvalue weighted by Crippen LogP contribution is 2.62. The van der Waals surface area contributed by atoms with Crippen molar-refractivity contribution in [2.45, 2.75) is 5.41 Å². The Kier molecular flexibility index (Phi) is 6.97. The highest BCUT2D eigenvalue weighted by atomic mass is 14.9. The van der Waals surface area contributed by atoms with Gasteiger partial charge in [-0.2, -0.15) is 0 Å². The molecule has 11 rings (SSSR count). The van der Waals surface area contributed by atoms with Gasteiger partial charge in [0, 0.05) is 71.8 Å². The summed E-state index contributed by atoms with van der Waals surface area (Å²) in [6, 6.07) is 48.1. The molecule has 256 valence electrons. The molecule has 6 nitrogen and oxygen atoms in total. The predicted molar refractivity (Wildman–Crippen MR) is 217 cm³/mol. The van der Waals surface area contributed by atoms with Gasteiger partial charge in [0.25, 0.3) is 0 Å². The quantitative estimate of drug-likeness (QED) is 0.182. The third-order valence-electron chi connectivity index (χ3n) is 11.2. The van der Waals surface area contributed by atoms with Gasteiger partial charge < -0.3 is 0 Å². The molecule has 0 saturated carbocycles. The molecule has 0 saturated heterocycles. The Hall–Kier alpha value is -7.44. The molecule has 6 heteroatoms. The van der Waals surface area contributed by atoms with E-state index in [1.54, 1.807) is 24.8 Å². The fourth-order valence-corrected chi connectivity index (χ4v) is 8.71. The van der Waals surface area contributed by atoms with Crippen molar-refractivity contribution < 1.29 is 0 Å². The molecular formula is C49H30N6. The molecule has 0 radical (unpaired) electrons. The summed E-state index contributed by atoms with van der Waals surface area (Å²) in [5.41, 5.74) is 17.5. The van der Waals surface area contributed by atoms with E-state index in [0.717, 1.165) is 33.4 Å². The lowest BCUT2D eigenvalue weighted by Crippen LogP contribution is -2.29. The maximum absolute atomic E-state index is 4.81. The zero-order chi connectivity index (χ0) is 36.3. The van der Waals surface area contributed by atoms with Crippen LogP contribution in [0, 0.1) is 0 Å². The van der Waals surface area contributed by atoms with Gasteiger partial charge in [0.15, 0.2) is 11.6 Å². The number of hydrogen-bond donors (Lipinski definition) is 0. The average Bonchev–Trinajstić information content (AvgIpc) is 3.52. The normalized spacial score (nSPS) is 12.9. The molecule has 0 unspecified atom stereocenters. The van der Waals surface area contributed by atoms with E-state index in [-0.39, 0.29) is 0 Å². The number of benzene rings is 5. The van der Waals surface area contributed by atoms with Gasteiger partial charge in [-0.3, -0.25) is 9.97 Å². The van der Waals surface area contributed by atoms with E-state index in [0.29, 0.717) is 11.6 Å². The first-order chi connectivity index (χ1) is 27.3.